The molecule has 0 bridgehead atoms. The summed E-state index contributed by atoms with van der Waals surface area (Å²) >= 11 is 0. The van der Waals surface area contributed by atoms with Gasteiger partial charge in [-0.25, -0.2) is 0 Å². The molecular weight excluding hydrogens is 348 g/mol. The van der Waals surface area contributed by atoms with Crippen molar-refractivity contribution in [3.63, 3.8) is 0 Å². The topological polar surface area (TPSA) is 49.4 Å². The molecule has 146 valence electrons. The molecule has 2 amide bonds. The molecule has 1 N–H and O–H groups in total. The van der Waals surface area contributed by atoms with E-state index in [0.29, 0.717) is 0 Å². The van der Waals surface area contributed by atoms with E-state index in [1.54, 1.807) is 0 Å². The number of nitrogens with zero attached hydrogens (tertiary/aromatic N) is 1. The molecule has 4 heteroatoms. The van der Waals surface area contributed by atoms with Crippen molar-refractivity contribution in [1.82, 2.24) is 10.2 Å². The Bertz CT molecular complexity index is 838. The van der Waals surface area contributed by atoms with E-state index in [4.69, 9.17) is 0 Å². The molecule has 4 nitrogen and oxygen atoms in total. The molecule has 2 fully saturated rings. The molecule has 2 heterocycles. The maximum Gasteiger partial charge on any atom is 0.253 e. The van der Waals surface area contributed by atoms with Crippen molar-refractivity contribution in [2.24, 2.45) is 5.92 Å². The Kier molecular flexibility index (Phi) is 5.75. The average molecular weight is 377 g/mol. The van der Waals surface area contributed by atoms with Crippen LogP contribution in [0.15, 0.2) is 48.5 Å². The van der Waals surface area contributed by atoms with Gasteiger partial charge in [-0.05, 0) is 67.3 Å². The van der Waals surface area contributed by atoms with E-state index in [-0.39, 0.29) is 17.7 Å². The van der Waals surface area contributed by atoms with Gasteiger partial charge in [-0.3, -0.25) is 9.59 Å². The van der Waals surface area contributed by atoms with Crippen LogP contribution in [0.5, 0.6) is 0 Å². The standard InChI is InChI=1S/C24H28N2O2/c27-23-21(8-5-13-25-23)16-18-9-11-19(12-10-18)20-6-4-7-22(17-20)24(28)26-14-2-1-3-15-26/h4,6-7,9-12,17,21H,1-3,5,8,13-16H2,(H,25,27). The highest BCUT2D eigenvalue weighted by molar-refractivity contribution is 5.95. The maximum atomic E-state index is 12.8. The first-order valence-corrected chi connectivity index (χ1v) is 10.5. The number of likely N-dealkylation sites (tertiary alicyclic amines) is 1. The quantitative estimate of drug-likeness (QED) is 0.875. The molecule has 2 saturated heterocycles. The van der Waals surface area contributed by atoms with E-state index in [1.807, 2.05) is 23.1 Å². The summed E-state index contributed by atoms with van der Waals surface area (Å²) in [6, 6.07) is 16.3. The zero-order valence-electron chi connectivity index (χ0n) is 16.3. The van der Waals surface area contributed by atoms with E-state index in [0.717, 1.165) is 68.4 Å². The fourth-order valence-corrected chi connectivity index (χ4v) is 4.26. The van der Waals surface area contributed by atoms with Gasteiger partial charge >= 0.3 is 0 Å². The van der Waals surface area contributed by atoms with Gasteiger partial charge < -0.3 is 10.2 Å². The zero-order chi connectivity index (χ0) is 19.3. The number of rotatable bonds is 4. The van der Waals surface area contributed by atoms with Crippen LogP contribution >= 0.6 is 0 Å². The second-order valence-corrected chi connectivity index (χ2v) is 7.96. The third-order valence-electron chi connectivity index (χ3n) is 5.92. The number of benzene rings is 2. The molecule has 0 radical (unpaired) electrons. The number of nitrogens with one attached hydrogen (secondary N) is 1. The normalized spacial score (nSPS) is 19.9. The summed E-state index contributed by atoms with van der Waals surface area (Å²) in [6.45, 7) is 2.54. The van der Waals surface area contributed by atoms with Gasteiger partial charge in [0.25, 0.3) is 5.91 Å². The largest absolute Gasteiger partial charge is 0.356 e. The van der Waals surface area contributed by atoms with Crippen LogP contribution in [0.25, 0.3) is 11.1 Å². The molecule has 0 aliphatic carbocycles. The smallest absolute Gasteiger partial charge is 0.253 e. The van der Waals surface area contributed by atoms with Gasteiger partial charge in [0.2, 0.25) is 5.91 Å². The minimum Gasteiger partial charge on any atom is -0.356 e. The summed E-state index contributed by atoms with van der Waals surface area (Å²) in [6.07, 6.45) is 6.25. The maximum absolute atomic E-state index is 12.8. The van der Waals surface area contributed by atoms with Crippen molar-refractivity contribution in [2.45, 2.75) is 38.5 Å². The molecule has 28 heavy (non-hydrogen) atoms. The zero-order valence-corrected chi connectivity index (χ0v) is 16.3. The van der Waals surface area contributed by atoms with Gasteiger partial charge in [0.1, 0.15) is 0 Å². The second-order valence-electron chi connectivity index (χ2n) is 7.96. The summed E-state index contributed by atoms with van der Waals surface area (Å²) < 4.78 is 0. The molecule has 0 aromatic heterocycles. The number of hydrogen-bond acceptors (Lipinski definition) is 2. The third-order valence-corrected chi connectivity index (χ3v) is 5.92. The summed E-state index contributed by atoms with van der Waals surface area (Å²) in [5, 5.41) is 2.96. The highest BCUT2D eigenvalue weighted by atomic mass is 16.2. The van der Waals surface area contributed by atoms with Crippen molar-refractivity contribution in [1.29, 1.82) is 0 Å². The fraction of sp³-hybridized carbons (Fsp3) is 0.417. The van der Waals surface area contributed by atoms with Gasteiger partial charge in [0.15, 0.2) is 0 Å². The lowest BCUT2D eigenvalue weighted by Gasteiger charge is -2.26. The molecule has 2 aromatic carbocycles. The third kappa shape index (κ3) is 4.27. The van der Waals surface area contributed by atoms with Crippen LogP contribution in [-0.4, -0.2) is 36.3 Å². The lowest BCUT2D eigenvalue weighted by Crippen LogP contribution is -2.37. The Morgan fingerprint density at radius 2 is 1.75 bits per heavy atom. The van der Waals surface area contributed by atoms with Gasteiger partial charge in [-0.2, -0.15) is 0 Å². The lowest BCUT2D eigenvalue weighted by atomic mass is 9.91. The molecule has 2 aliphatic heterocycles. The first-order valence-electron chi connectivity index (χ1n) is 10.5. The Morgan fingerprint density at radius 1 is 0.964 bits per heavy atom. The first-order chi connectivity index (χ1) is 13.7. The number of carbonyl (C=O) groups is 2. The van der Waals surface area contributed by atoms with E-state index in [1.165, 1.54) is 12.0 Å². The van der Waals surface area contributed by atoms with Gasteiger partial charge in [0, 0.05) is 31.1 Å². The van der Waals surface area contributed by atoms with Crippen molar-refractivity contribution >= 4 is 11.8 Å². The van der Waals surface area contributed by atoms with Crippen LogP contribution in [0.4, 0.5) is 0 Å². The molecule has 2 aliphatic rings. The SMILES string of the molecule is O=C1NCCCC1Cc1ccc(-c2cccc(C(=O)N3CCCCC3)c2)cc1. The molecular formula is C24H28N2O2. The van der Waals surface area contributed by atoms with Crippen LogP contribution in [-0.2, 0) is 11.2 Å². The minimum absolute atomic E-state index is 0.0880. The Hall–Kier alpha value is -2.62. The predicted molar refractivity (Wildman–Crippen MR) is 111 cm³/mol. The van der Waals surface area contributed by atoms with Crippen LogP contribution in [0.2, 0.25) is 0 Å². The van der Waals surface area contributed by atoms with Crippen LogP contribution in [0, 0.1) is 5.92 Å². The van der Waals surface area contributed by atoms with E-state index < -0.39 is 0 Å². The fourth-order valence-electron chi connectivity index (χ4n) is 4.26. The molecule has 0 saturated carbocycles. The highest BCUT2D eigenvalue weighted by Gasteiger charge is 2.22. The molecule has 1 atom stereocenters. The van der Waals surface area contributed by atoms with Crippen LogP contribution < -0.4 is 5.32 Å². The number of piperidine rings is 2. The van der Waals surface area contributed by atoms with E-state index in [2.05, 4.69) is 35.6 Å². The van der Waals surface area contributed by atoms with Crippen molar-refractivity contribution in [2.75, 3.05) is 19.6 Å². The summed E-state index contributed by atoms with van der Waals surface area (Å²) in [4.78, 5) is 26.7. The van der Waals surface area contributed by atoms with Crippen molar-refractivity contribution < 1.29 is 9.59 Å². The summed E-state index contributed by atoms with van der Waals surface area (Å²) in [7, 11) is 0. The first kappa shape index (κ1) is 18.7. The second kappa shape index (κ2) is 8.59. The van der Waals surface area contributed by atoms with Crippen LogP contribution in [0.3, 0.4) is 0 Å². The van der Waals surface area contributed by atoms with Gasteiger partial charge in [-0.1, -0.05) is 36.4 Å². The highest BCUT2D eigenvalue weighted by Crippen LogP contribution is 2.24. The summed E-state index contributed by atoms with van der Waals surface area (Å²) in [5.74, 6) is 0.408. The number of carbonyl (C=O) groups excluding carboxylic acids is 2. The van der Waals surface area contributed by atoms with E-state index in [9.17, 15) is 9.59 Å². The Labute approximate surface area is 166 Å². The number of hydrogen-bond donors (Lipinski definition) is 1. The number of amides is 2. The molecule has 0 spiro atoms. The van der Waals surface area contributed by atoms with Crippen LogP contribution in [0.1, 0.15) is 48.0 Å². The molecule has 2 aromatic rings. The van der Waals surface area contributed by atoms with Gasteiger partial charge in [-0.15, -0.1) is 0 Å². The van der Waals surface area contributed by atoms with Crippen molar-refractivity contribution in [3.8, 4) is 11.1 Å². The monoisotopic (exact) mass is 376 g/mol. The average Bonchev–Trinajstić information content (AvgIpc) is 2.76. The van der Waals surface area contributed by atoms with Crippen molar-refractivity contribution in [3.05, 3.63) is 59.7 Å². The minimum atomic E-state index is 0.0880. The van der Waals surface area contributed by atoms with Gasteiger partial charge in [0.05, 0.1) is 0 Å². The molecule has 1 unspecified atom stereocenters. The Morgan fingerprint density at radius 3 is 2.50 bits per heavy atom. The predicted octanol–water partition coefficient (Wildman–Crippen LogP) is 4.05. The summed E-state index contributed by atoms with van der Waals surface area (Å²) in [5.41, 5.74) is 4.11. The Balaban J connectivity index is 1.46. The molecule has 4 rings (SSSR count). The van der Waals surface area contributed by atoms with E-state index >= 15 is 0 Å². The lowest BCUT2D eigenvalue weighted by molar-refractivity contribution is -0.126.